The summed E-state index contributed by atoms with van der Waals surface area (Å²) >= 11 is 0. The number of nitrogens with zero attached hydrogens (tertiary/aromatic N) is 1. The van der Waals surface area contributed by atoms with Gasteiger partial charge in [-0.3, -0.25) is 9.78 Å². The van der Waals surface area contributed by atoms with Gasteiger partial charge < -0.3 is 9.73 Å². The lowest BCUT2D eigenvalue weighted by Gasteiger charge is -2.14. The van der Waals surface area contributed by atoms with Crippen molar-refractivity contribution in [2.24, 2.45) is 0 Å². The first-order valence-electron chi connectivity index (χ1n) is 9.30. The lowest BCUT2D eigenvalue weighted by molar-refractivity contribution is 0.0940. The maximum absolute atomic E-state index is 12.6. The Hall–Kier alpha value is -3.47. The minimum atomic E-state index is -0.462. The molecule has 1 atom stereocenters. The fourth-order valence-electron chi connectivity index (χ4n) is 3.02. The molecule has 0 aliphatic rings. The molecule has 2 aromatic heterocycles. The highest BCUT2D eigenvalue weighted by atomic mass is 16.4. The Morgan fingerprint density at radius 1 is 1.00 bits per heavy atom. The summed E-state index contributed by atoms with van der Waals surface area (Å²) < 4.78 is 5.38. The molecule has 0 saturated heterocycles. The Bertz CT molecular complexity index is 1170. The molecule has 0 spiro atoms. The van der Waals surface area contributed by atoms with Gasteiger partial charge in [-0.05, 0) is 36.8 Å². The number of benzene rings is 2. The van der Waals surface area contributed by atoms with Crippen LogP contribution in [-0.4, -0.2) is 10.9 Å². The van der Waals surface area contributed by atoms with Crippen LogP contribution in [-0.2, 0) is 0 Å². The molecule has 2 aromatic carbocycles. The normalized spacial score (nSPS) is 11.5. The zero-order chi connectivity index (χ0) is 20.1. The number of pyridine rings is 1. The van der Waals surface area contributed by atoms with Crippen molar-refractivity contribution >= 4 is 27.6 Å². The lowest BCUT2D eigenvalue weighted by atomic mass is 10.1. The van der Waals surface area contributed by atoms with E-state index in [4.69, 9.17) is 4.42 Å². The van der Waals surface area contributed by atoms with E-state index in [-0.39, 0.29) is 11.9 Å². The Labute approximate surface area is 163 Å². The van der Waals surface area contributed by atoms with Crippen molar-refractivity contribution in [3.63, 3.8) is 0 Å². The van der Waals surface area contributed by atoms with Gasteiger partial charge in [0, 0.05) is 28.7 Å². The summed E-state index contributed by atoms with van der Waals surface area (Å²) in [4.78, 5) is 28.7. The van der Waals surface area contributed by atoms with Gasteiger partial charge in [0.2, 0.25) is 0 Å². The summed E-state index contributed by atoms with van der Waals surface area (Å²) in [6, 6.07) is 16.5. The van der Waals surface area contributed by atoms with Crippen LogP contribution < -0.4 is 10.9 Å². The third-order valence-electron chi connectivity index (χ3n) is 4.42. The minimum absolute atomic E-state index is 0.130. The first-order chi connectivity index (χ1) is 13.6. The molecule has 1 N–H and O–H groups in total. The summed E-state index contributed by atoms with van der Waals surface area (Å²) in [5, 5.41) is 4.92. The van der Waals surface area contributed by atoms with Crippen LogP contribution in [0.2, 0.25) is 0 Å². The number of hydrogen-bond acceptors (Lipinski definition) is 4. The molecule has 0 saturated carbocycles. The average molecular weight is 374 g/mol. The highest BCUT2D eigenvalue weighted by molar-refractivity contribution is 6.06. The molecule has 1 amide bonds. The van der Waals surface area contributed by atoms with Gasteiger partial charge in [0.05, 0.1) is 11.4 Å². The van der Waals surface area contributed by atoms with E-state index in [0.29, 0.717) is 16.5 Å². The largest absolute Gasteiger partial charge is 0.422 e. The van der Waals surface area contributed by atoms with Crippen LogP contribution in [0.3, 0.4) is 0 Å². The second kappa shape index (κ2) is 8.48. The fraction of sp³-hybridized carbons (Fsp3) is 0.174. The highest BCUT2D eigenvalue weighted by Crippen LogP contribution is 2.23. The lowest BCUT2D eigenvalue weighted by Crippen LogP contribution is -2.26. The molecule has 4 aromatic rings. The van der Waals surface area contributed by atoms with E-state index in [1.165, 1.54) is 6.20 Å². The van der Waals surface area contributed by atoms with E-state index < -0.39 is 5.63 Å². The number of rotatable bonds is 3. The van der Waals surface area contributed by atoms with Crippen molar-refractivity contribution in [2.45, 2.75) is 26.8 Å². The monoisotopic (exact) mass is 374 g/mol. The molecule has 0 fully saturated rings. The summed E-state index contributed by atoms with van der Waals surface area (Å²) in [5.74, 6) is -0.222. The molecule has 28 heavy (non-hydrogen) atoms. The van der Waals surface area contributed by atoms with Crippen molar-refractivity contribution in [2.75, 3.05) is 0 Å². The van der Waals surface area contributed by atoms with E-state index >= 15 is 0 Å². The van der Waals surface area contributed by atoms with Gasteiger partial charge in [-0.25, -0.2) is 4.79 Å². The average Bonchev–Trinajstić information content (AvgIpc) is 2.75. The van der Waals surface area contributed by atoms with Gasteiger partial charge in [0.1, 0.15) is 5.58 Å². The molecule has 0 radical (unpaired) electrons. The molecule has 142 valence electrons. The van der Waals surface area contributed by atoms with Crippen molar-refractivity contribution in [1.29, 1.82) is 0 Å². The predicted octanol–water partition coefficient (Wildman–Crippen LogP) is 4.86. The fourth-order valence-corrected chi connectivity index (χ4v) is 3.02. The van der Waals surface area contributed by atoms with Gasteiger partial charge in [-0.2, -0.15) is 0 Å². The number of aromatic nitrogens is 1. The standard InChI is InChI=1S/C21H16N2O3.C2H6/c1-13(14-5-3-2-4-6-14)23-20(24)15-7-8-17-16-9-10-22-12-18(16)21(25)26-19(17)11-15;1-2/h2-13H,1H3,(H,23,24);1-2H3/t13-;/m1./s1. The van der Waals surface area contributed by atoms with E-state index in [1.807, 2.05) is 51.1 Å². The minimum Gasteiger partial charge on any atom is -0.422 e. The summed E-state index contributed by atoms with van der Waals surface area (Å²) in [6.45, 7) is 5.93. The maximum atomic E-state index is 12.6. The quantitative estimate of drug-likeness (QED) is 0.411. The van der Waals surface area contributed by atoms with Crippen LogP contribution >= 0.6 is 0 Å². The molecule has 5 nitrogen and oxygen atoms in total. The number of nitrogens with one attached hydrogen (secondary N) is 1. The van der Waals surface area contributed by atoms with Gasteiger partial charge in [-0.15, -0.1) is 0 Å². The van der Waals surface area contributed by atoms with Gasteiger partial charge in [-0.1, -0.05) is 44.2 Å². The Morgan fingerprint density at radius 2 is 1.75 bits per heavy atom. The predicted molar refractivity (Wildman–Crippen MR) is 111 cm³/mol. The maximum Gasteiger partial charge on any atom is 0.345 e. The third-order valence-corrected chi connectivity index (χ3v) is 4.42. The van der Waals surface area contributed by atoms with Crippen LogP contribution in [0.15, 0.2) is 76.2 Å². The Kier molecular flexibility index (Phi) is 5.84. The second-order valence-corrected chi connectivity index (χ2v) is 6.13. The Morgan fingerprint density at radius 3 is 2.50 bits per heavy atom. The molecule has 4 rings (SSSR count). The van der Waals surface area contributed by atoms with Crippen LogP contribution in [0, 0.1) is 0 Å². The molecular formula is C23H22N2O3. The van der Waals surface area contributed by atoms with Crippen LogP contribution in [0.1, 0.15) is 42.7 Å². The molecule has 0 aliphatic heterocycles. The number of carbonyl (C=O) groups excluding carboxylic acids is 1. The first-order valence-corrected chi connectivity index (χ1v) is 9.30. The second-order valence-electron chi connectivity index (χ2n) is 6.13. The zero-order valence-electron chi connectivity index (χ0n) is 16.1. The van der Waals surface area contributed by atoms with Crippen molar-refractivity contribution in [1.82, 2.24) is 10.3 Å². The van der Waals surface area contributed by atoms with Crippen LogP contribution in [0.5, 0.6) is 0 Å². The molecular weight excluding hydrogens is 352 g/mol. The number of fused-ring (bicyclic) bond motifs is 3. The number of amides is 1. The van der Waals surface area contributed by atoms with Gasteiger partial charge >= 0.3 is 5.63 Å². The highest BCUT2D eigenvalue weighted by Gasteiger charge is 2.14. The number of hydrogen-bond donors (Lipinski definition) is 1. The zero-order valence-corrected chi connectivity index (χ0v) is 16.1. The van der Waals surface area contributed by atoms with Gasteiger partial charge in [0.25, 0.3) is 5.91 Å². The topological polar surface area (TPSA) is 72.2 Å². The molecule has 0 unspecified atom stereocenters. The molecule has 5 heteroatoms. The van der Waals surface area contributed by atoms with Crippen molar-refractivity contribution in [3.05, 3.63) is 88.5 Å². The summed E-state index contributed by atoms with van der Waals surface area (Å²) in [7, 11) is 0. The summed E-state index contributed by atoms with van der Waals surface area (Å²) in [6.07, 6.45) is 3.12. The van der Waals surface area contributed by atoms with Crippen LogP contribution in [0.25, 0.3) is 21.7 Å². The third kappa shape index (κ3) is 3.78. The molecule has 2 heterocycles. The van der Waals surface area contributed by atoms with E-state index in [0.717, 1.165) is 16.3 Å². The molecule has 0 bridgehead atoms. The van der Waals surface area contributed by atoms with Crippen LogP contribution in [0.4, 0.5) is 0 Å². The van der Waals surface area contributed by atoms with Crippen molar-refractivity contribution < 1.29 is 9.21 Å². The first kappa shape index (κ1) is 19.3. The molecule has 0 aliphatic carbocycles. The Balaban J connectivity index is 0.00000109. The van der Waals surface area contributed by atoms with E-state index in [9.17, 15) is 9.59 Å². The van der Waals surface area contributed by atoms with E-state index in [1.54, 1.807) is 30.5 Å². The van der Waals surface area contributed by atoms with Gasteiger partial charge in [0.15, 0.2) is 0 Å². The SMILES string of the molecule is CC.C[C@@H](NC(=O)c1ccc2c(c1)oc(=O)c1cnccc12)c1ccccc1. The van der Waals surface area contributed by atoms with Crippen molar-refractivity contribution in [3.8, 4) is 0 Å². The van der Waals surface area contributed by atoms with E-state index in [2.05, 4.69) is 10.3 Å². The summed E-state index contributed by atoms with van der Waals surface area (Å²) in [5.41, 5.74) is 1.38. The smallest absolute Gasteiger partial charge is 0.345 e. The number of carbonyl (C=O) groups is 1.